The molecule has 2 atom stereocenters. The number of benzene rings is 2. The topological polar surface area (TPSA) is 55.4 Å². The molecule has 2 aromatic rings. The fourth-order valence-electron chi connectivity index (χ4n) is 3.96. The zero-order valence-electron chi connectivity index (χ0n) is 17.3. The number of nitrogens with one attached hydrogen (secondary N) is 1. The Hall–Kier alpha value is -2.62. The van der Waals surface area contributed by atoms with Crippen LogP contribution in [0.2, 0.25) is 0 Å². The number of ether oxygens (including phenoxy) is 1. The van der Waals surface area contributed by atoms with E-state index in [1.807, 2.05) is 56.3 Å². The van der Waals surface area contributed by atoms with Crippen LogP contribution in [0, 0.1) is 0 Å². The number of hydrogen-bond acceptors (Lipinski definition) is 3. The fraction of sp³-hybridized carbons (Fsp3) is 0.417. The second kappa shape index (κ2) is 10.1. The predicted molar refractivity (Wildman–Crippen MR) is 112 cm³/mol. The number of carbonyl (C=O) groups excluding carboxylic acids is 2. The second-order valence-electron chi connectivity index (χ2n) is 6.88. The number of amides is 1. The van der Waals surface area contributed by atoms with Crippen LogP contribution in [0.3, 0.4) is 0 Å². The zero-order valence-corrected chi connectivity index (χ0v) is 17.3. The Bertz CT molecular complexity index is 787. The smallest absolute Gasteiger partial charge is 0.307 e. The Morgan fingerprint density at radius 1 is 1.07 bits per heavy atom. The van der Waals surface area contributed by atoms with Crippen molar-refractivity contribution in [3.63, 3.8) is 0 Å². The molecule has 0 radical (unpaired) electrons. The lowest BCUT2D eigenvalue weighted by Crippen LogP contribution is -2.48. The Labute approximate surface area is 168 Å². The molecular formula is C24H31NO3. The first-order valence-corrected chi connectivity index (χ1v) is 10.1. The Morgan fingerprint density at radius 2 is 1.71 bits per heavy atom. The number of carbonyl (C=O) groups is 2. The Kier molecular flexibility index (Phi) is 7.80. The molecule has 0 unspecified atom stereocenters. The van der Waals surface area contributed by atoms with E-state index < -0.39 is 5.41 Å². The third kappa shape index (κ3) is 4.27. The summed E-state index contributed by atoms with van der Waals surface area (Å²) in [4.78, 5) is 24.8. The van der Waals surface area contributed by atoms with Crippen LogP contribution in [0.15, 0.2) is 54.6 Å². The maximum absolute atomic E-state index is 13.4. The van der Waals surface area contributed by atoms with Gasteiger partial charge in [0.2, 0.25) is 5.91 Å². The van der Waals surface area contributed by atoms with E-state index in [-0.39, 0.29) is 24.8 Å². The minimum Gasteiger partial charge on any atom is -0.469 e. The van der Waals surface area contributed by atoms with Gasteiger partial charge >= 0.3 is 5.97 Å². The molecule has 0 heterocycles. The number of fused-ring (bicyclic) bond motifs is 1. The second-order valence-corrected chi connectivity index (χ2v) is 6.88. The first-order valence-electron chi connectivity index (χ1n) is 10.1. The molecule has 1 amide bonds. The van der Waals surface area contributed by atoms with Crippen molar-refractivity contribution in [1.82, 2.24) is 5.32 Å². The highest BCUT2D eigenvalue weighted by atomic mass is 16.5. The maximum Gasteiger partial charge on any atom is 0.307 e. The minimum absolute atomic E-state index is 0.0491. The van der Waals surface area contributed by atoms with Crippen molar-refractivity contribution in [2.45, 2.75) is 51.4 Å². The third-order valence-electron chi connectivity index (χ3n) is 5.40. The average Bonchev–Trinajstić information content (AvgIpc) is 2.76. The summed E-state index contributed by atoms with van der Waals surface area (Å²) in [5, 5.41) is 2.97. The third-order valence-corrected chi connectivity index (χ3v) is 5.40. The lowest BCUT2D eigenvalue weighted by molar-refractivity contribution is -0.140. The Balaban J connectivity index is 0.00000136. The van der Waals surface area contributed by atoms with E-state index in [9.17, 15) is 9.59 Å². The van der Waals surface area contributed by atoms with Crippen LogP contribution in [0.5, 0.6) is 0 Å². The van der Waals surface area contributed by atoms with Crippen molar-refractivity contribution in [3.05, 3.63) is 71.3 Å². The molecule has 3 rings (SSSR count). The van der Waals surface area contributed by atoms with E-state index in [2.05, 4.69) is 29.1 Å². The summed E-state index contributed by atoms with van der Waals surface area (Å²) in [7, 11) is 1.36. The molecule has 4 heteroatoms. The van der Waals surface area contributed by atoms with E-state index in [4.69, 9.17) is 0 Å². The average molecular weight is 382 g/mol. The standard InChI is InChI=1S/C22H25NO3.C2H6/c1-16-12-14-22(17-8-4-3-5-9-17,19-11-7-6-10-18(16)19)21(25)23-15-13-20(24)26-2;1-2/h3-11,16H,12-15H2,1-2H3,(H,23,25);1-2H3/t16-,22+;/m1./s1. The quantitative estimate of drug-likeness (QED) is 0.772. The summed E-state index contributed by atoms with van der Waals surface area (Å²) in [6.07, 6.45) is 1.86. The molecule has 1 aliphatic rings. The van der Waals surface area contributed by atoms with Gasteiger partial charge in [0.05, 0.1) is 18.9 Å². The van der Waals surface area contributed by atoms with Crippen molar-refractivity contribution in [2.24, 2.45) is 0 Å². The molecule has 0 aromatic heterocycles. The lowest BCUT2D eigenvalue weighted by Gasteiger charge is -2.40. The monoisotopic (exact) mass is 381 g/mol. The van der Waals surface area contributed by atoms with Crippen molar-refractivity contribution >= 4 is 11.9 Å². The fourth-order valence-corrected chi connectivity index (χ4v) is 3.96. The SMILES string of the molecule is CC.COC(=O)CCNC(=O)[C@]1(c2ccccc2)CC[C@@H](C)c2ccccc21. The van der Waals surface area contributed by atoms with E-state index >= 15 is 0 Å². The molecule has 4 nitrogen and oxygen atoms in total. The van der Waals surface area contributed by atoms with E-state index in [0.717, 1.165) is 24.0 Å². The van der Waals surface area contributed by atoms with Gasteiger partial charge in [-0.05, 0) is 35.4 Å². The van der Waals surface area contributed by atoms with Crippen LogP contribution in [-0.4, -0.2) is 25.5 Å². The van der Waals surface area contributed by atoms with Gasteiger partial charge in [-0.2, -0.15) is 0 Å². The predicted octanol–water partition coefficient (Wildman–Crippen LogP) is 4.58. The van der Waals surface area contributed by atoms with Gasteiger partial charge in [-0.25, -0.2) is 0 Å². The molecule has 28 heavy (non-hydrogen) atoms. The molecule has 0 aliphatic heterocycles. The molecule has 0 spiro atoms. The molecule has 1 N–H and O–H groups in total. The molecule has 0 saturated heterocycles. The van der Waals surface area contributed by atoms with Gasteiger partial charge in [0.1, 0.15) is 0 Å². The maximum atomic E-state index is 13.4. The highest BCUT2D eigenvalue weighted by Crippen LogP contribution is 2.46. The molecular weight excluding hydrogens is 350 g/mol. The molecule has 0 fully saturated rings. The van der Waals surface area contributed by atoms with Gasteiger partial charge < -0.3 is 10.1 Å². The van der Waals surface area contributed by atoms with Crippen LogP contribution in [0.4, 0.5) is 0 Å². The number of hydrogen-bond donors (Lipinski definition) is 1. The van der Waals surface area contributed by atoms with Crippen LogP contribution in [-0.2, 0) is 19.7 Å². The lowest BCUT2D eigenvalue weighted by atomic mass is 9.63. The minimum atomic E-state index is -0.722. The molecule has 2 aromatic carbocycles. The first-order chi connectivity index (χ1) is 13.6. The molecule has 1 aliphatic carbocycles. The van der Waals surface area contributed by atoms with Gasteiger partial charge in [0.15, 0.2) is 0 Å². The van der Waals surface area contributed by atoms with Crippen molar-refractivity contribution in [3.8, 4) is 0 Å². The summed E-state index contributed by atoms with van der Waals surface area (Å²) >= 11 is 0. The normalized spacial score (nSPS) is 20.2. The summed E-state index contributed by atoms with van der Waals surface area (Å²) in [5.41, 5.74) is 2.57. The van der Waals surface area contributed by atoms with Gasteiger partial charge in [0.25, 0.3) is 0 Å². The van der Waals surface area contributed by atoms with Crippen LogP contribution in [0.25, 0.3) is 0 Å². The van der Waals surface area contributed by atoms with Crippen molar-refractivity contribution in [1.29, 1.82) is 0 Å². The number of esters is 1. The summed E-state index contributed by atoms with van der Waals surface area (Å²) in [6.45, 7) is 6.49. The molecule has 0 bridgehead atoms. The van der Waals surface area contributed by atoms with Gasteiger partial charge in [-0.1, -0.05) is 75.4 Å². The van der Waals surface area contributed by atoms with Crippen LogP contribution >= 0.6 is 0 Å². The van der Waals surface area contributed by atoms with Crippen molar-refractivity contribution < 1.29 is 14.3 Å². The Morgan fingerprint density at radius 3 is 2.39 bits per heavy atom. The van der Waals surface area contributed by atoms with Crippen LogP contribution < -0.4 is 5.32 Å². The van der Waals surface area contributed by atoms with E-state index in [0.29, 0.717) is 5.92 Å². The van der Waals surface area contributed by atoms with Crippen molar-refractivity contribution in [2.75, 3.05) is 13.7 Å². The highest BCUT2D eigenvalue weighted by molar-refractivity contribution is 5.93. The van der Waals surface area contributed by atoms with E-state index in [1.165, 1.54) is 12.7 Å². The molecule has 150 valence electrons. The number of rotatable bonds is 5. The highest BCUT2D eigenvalue weighted by Gasteiger charge is 2.46. The molecule has 0 saturated carbocycles. The van der Waals surface area contributed by atoms with Gasteiger partial charge in [0, 0.05) is 6.54 Å². The first kappa shape index (κ1) is 21.7. The van der Waals surface area contributed by atoms with Crippen LogP contribution in [0.1, 0.15) is 62.6 Å². The number of methoxy groups -OCH3 is 1. The summed E-state index contributed by atoms with van der Waals surface area (Å²) < 4.78 is 4.67. The summed E-state index contributed by atoms with van der Waals surface area (Å²) in [5.74, 6) is 0.0505. The van der Waals surface area contributed by atoms with Gasteiger partial charge in [-0.15, -0.1) is 0 Å². The van der Waals surface area contributed by atoms with E-state index in [1.54, 1.807) is 0 Å². The summed E-state index contributed by atoms with van der Waals surface area (Å²) in [6, 6.07) is 18.2. The van der Waals surface area contributed by atoms with Gasteiger partial charge in [-0.3, -0.25) is 9.59 Å². The largest absolute Gasteiger partial charge is 0.469 e. The zero-order chi connectivity index (χ0) is 20.6.